The molecule has 1 N–H and O–H groups in total. The molecule has 0 spiro atoms. The van der Waals surface area contributed by atoms with Crippen LogP contribution >= 0.6 is 0 Å². The van der Waals surface area contributed by atoms with Crippen LogP contribution in [0.1, 0.15) is 124 Å². The van der Waals surface area contributed by atoms with Crippen LogP contribution in [0.3, 0.4) is 0 Å². The summed E-state index contributed by atoms with van der Waals surface area (Å²) in [4.78, 5) is 23.7. The summed E-state index contributed by atoms with van der Waals surface area (Å²) in [7, 11) is 0. The first-order valence-corrected chi connectivity index (χ1v) is 12.2. The summed E-state index contributed by atoms with van der Waals surface area (Å²) < 4.78 is 5.77. The topological polar surface area (TPSA) is 63.6 Å². The quantitative estimate of drug-likeness (QED) is 0.230. The zero-order valence-corrected chi connectivity index (χ0v) is 19.5. The molecule has 1 saturated carbocycles. The third kappa shape index (κ3) is 12.3. The first-order valence-electron chi connectivity index (χ1n) is 12.2. The first kappa shape index (κ1) is 26.0. The molecule has 4 heteroatoms. The molecule has 29 heavy (non-hydrogen) atoms. The number of carboxylic acid groups (broad SMARTS) is 1. The van der Waals surface area contributed by atoms with Crippen molar-refractivity contribution in [1.29, 1.82) is 0 Å². The highest BCUT2D eigenvalue weighted by Gasteiger charge is 2.34. The van der Waals surface area contributed by atoms with E-state index in [1.54, 1.807) is 0 Å². The number of carbonyl (C=O) groups excluding carboxylic acids is 1. The van der Waals surface area contributed by atoms with Gasteiger partial charge in [0.25, 0.3) is 0 Å². The van der Waals surface area contributed by atoms with Crippen LogP contribution in [0.4, 0.5) is 0 Å². The summed E-state index contributed by atoms with van der Waals surface area (Å²) in [5.74, 6) is -0.775. The van der Waals surface area contributed by atoms with Crippen molar-refractivity contribution in [2.24, 2.45) is 17.8 Å². The second-order valence-corrected chi connectivity index (χ2v) is 10.2. The summed E-state index contributed by atoms with van der Waals surface area (Å²) in [6.45, 7) is 8.57. The monoisotopic (exact) mass is 410 g/mol. The summed E-state index contributed by atoms with van der Waals surface area (Å²) in [6, 6.07) is 0. The lowest BCUT2D eigenvalue weighted by molar-refractivity contribution is -0.164. The van der Waals surface area contributed by atoms with E-state index >= 15 is 0 Å². The van der Waals surface area contributed by atoms with Crippen LogP contribution in [0.2, 0.25) is 0 Å². The minimum Gasteiger partial charge on any atom is -0.481 e. The fourth-order valence-corrected chi connectivity index (χ4v) is 4.38. The minimum atomic E-state index is -0.780. The summed E-state index contributed by atoms with van der Waals surface area (Å²) in [5, 5.41) is 9.20. The molecule has 1 rings (SSSR count). The van der Waals surface area contributed by atoms with Crippen molar-refractivity contribution in [3.63, 3.8) is 0 Å². The number of carboxylic acids is 1. The van der Waals surface area contributed by atoms with E-state index in [0.717, 1.165) is 31.6 Å². The van der Waals surface area contributed by atoms with Gasteiger partial charge in [0.1, 0.15) is 5.60 Å². The van der Waals surface area contributed by atoms with Crippen LogP contribution in [0.25, 0.3) is 0 Å². The van der Waals surface area contributed by atoms with Crippen LogP contribution in [0.15, 0.2) is 0 Å². The number of aliphatic carboxylic acids is 1. The Balaban J connectivity index is 2.08. The summed E-state index contributed by atoms with van der Waals surface area (Å²) in [5.41, 5.74) is -0.455. The maximum Gasteiger partial charge on any atom is 0.309 e. The van der Waals surface area contributed by atoms with Gasteiger partial charge in [0.15, 0.2) is 0 Å². The molecule has 2 unspecified atom stereocenters. The van der Waals surface area contributed by atoms with Gasteiger partial charge in [-0.3, -0.25) is 9.59 Å². The Labute approximate surface area is 179 Å². The van der Waals surface area contributed by atoms with Crippen LogP contribution in [-0.4, -0.2) is 22.6 Å². The normalized spacial score (nSPS) is 20.0. The third-order valence-electron chi connectivity index (χ3n) is 6.29. The highest BCUT2D eigenvalue weighted by Crippen LogP contribution is 2.32. The molecule has 0 aromatic rings. The molecular formula is C25H46O4. The van der Waals surface area contributed by atoms with Crippen molar-refractivity contribution in [3.05, 3.63) is 0 Å². The van der Waals surface area contributed by atoms with E-state index in [1.165, 1.54) is 57.8 Å². The van der Waals surface area contributed by atoms with E-state index in [0.29, 0.717) is 12.8 Å². The molecule has 170 valence electrons. The standard InChI is InChI=1S/C25H46O4/c1-20(2)15-12-10-8-6-5-7-9-11-13-18-25(3,4)29-24(28)22-17-14-16-21(19-22)23(26)27/h20-22H,5-19H2,1-4H3,(H,26,27). The van der Waals surface area contributed by atoms with Crippen molar-refractivity contribution < 1.29 is 19.4 Å². The highest BCUT2D eigenvalue weighted by molar-refractivity contribution is 5.75. The summed E-state index contributed by atoms with van der Waals surface area (Å²) >= 11 is 0. The van der Waals surface area contributed by atoms with Crippen LogP contribution in [-0.2, 0) is 14.3 Å². The molecule has 1 aliphatic carbocycles. The molecule has 0 aromatic carbocycles. The van der Waals surface area contributed by atoms with E-state index in [4.69, 9.17) is 4.74 Å². The minimum absolute atomic E-state index is 0.196. The number of ether oxygens (including phenoxy) is 1. The molecule has 0 saturated heterocycles. The van der Waals surface area contributed by atoms with Crippen molar-refractivity contribution in [2.75, 3.05) is 0 Å². The number of rotatable bonds is 15. The second kappa shape index (κ2) is 14.0. The number of esters is 1. The van der Waals surface area contributed by atoms with Crippen molar-refractivity contribution in [2.45, 2.75) is 130 Å². The Morgan fingerprint density at radius 3 is 1.97 bits per heavy atom. The molecule has 2 atom stereocenters. The van der Waals surface area contributed by atoms with Gasteiger partial charge < -0.3 is 9.84 Å². The average Bonchev–Trinajstić information content (AvgIpc) is 2.65. The molecule has 0 aromatic heterocycles. The van der Waals surface area contributed by atoms with Gasteiger partial charge in [-0.2, -0.15) is 0 Å². The Hall–Kier alpha value is -1.06. The van der Waals surface area contributed by atoms with Gasteiger partial charge in [0, 0.05) is 0 Å². The van der Waals surface area contributed by atoms with Gasteiger partial charge in [0.05, 0.1) is 11.8 Å². The maximum absolute atomic E-state index is 12.5. The molecular weight excluding hydrogens is 364 g/mol. The smallest absolute Gasteiger partial charge is 0.309 e. The lowest BCUT2D eigenvalue weighted by atomic mass is 9.81. The van der Waals surface area contributed by atoms with Crippen LogP contribution in [0.5, 0.6) is 0 Å². The Kier molecular flexibility index (Phi) is 12.6. The van der Waals surface area contributed by atoms with Crippen LogP contribution in [0, 0.1) is 17.8 Å². The molecule has 4 nitrogen and oxygen atoms in total. The second-order valence-electron chi connectivity index (χ2n) is 10.2. The van der Waals surface area contributed by atoms with E-state index in [-0.39, 0.29) is 17.8 Å². The van der Waals surface area contributed by atoms with Crippen molar-refractivity contribution >= 4 is 11.9 Å². The predicted molar refractivity (Wildman–Crippen MR) is 119 cm³/mol. The zero-order chi connectivity index (χ0) is 21.7. The molecule has 0 aliphatic heterocycles. The molecule has 0 heterocycles. The third-order valence-corrected chi connectivity index (χ3v) is 6.29. The number of carbonyl (C=O) groups is 2. The van der Waals surface area contributed by atoms with E-state index in [9.17, 15) is 14.7 Å². The lowest BCUT2D eigenvalue weighted by Gasteiger charge is -2.30. The van der Waals surface area contributed by atoms with E-state index in [1.807, 2.05) is 13.8 Å². The van der Waals surface area contributed by atoms with Gasteiger partial charge in [0.2, 0.25) is 0 Å². The fraction of sp³-hybridized carbons (Fsp3) is 0.920. The Morgan fingerprint density at radius 2 is 1.41 bits per heavy atom. The largest absolute Gasteiger partial charge is 0.481 e. The van der Waals surface area contributed by atoms with Crippen molar-refractivity contribution in [3.8, 4) is 0 Å². The van der Waals surface area contributed by atoms with Gasteiger partial charge in [-0.1, -0.05) is 78.1 Å². The molecule has 0 bridgehead atoms. The van der Waals surface area contributed by atoms with Gasteiger partial charge >= 0.3 is 11.9 Å². The van der Waals surface area contributed by atoms with Gasteiger partial charge in [-0.15, -0.1) is 0 Å². The first-order chi connectivity index (χ1) is 13.7. The Bertz CT molecular complexity index is 469. The molecule has 0 radical (unpaired) electrons. The maximum atomic E-state index is 12.5. The fourth-order valence-electron chi connectivity index (χ4n) is 4.38. The van der Waals surface area contributed by atoms with E-state index in [2.05, 4.69) is 13.8 Å². The molecule has 1 fully saturated rings. The summed E-state index contributed by atoms with van der Waals surface area (Å²) in [6.07, 6.45) is 16.6. The number of hydrogen-bond donors (Lipinski definition) is 1. The number of unbranched alkanes of at least 4 members (excludes halogenated alkanes) is 8. The SMILES string of the molecule is CC(C)CCCCCCCCCCCC(C)(C)OC(=O)C1CCCC(C(=O)O)C1. The predicted octanol–water partition coefficient (Wildman–Crippen LogP) is 7.15. The Morgan fingerprint density at radius 1 is 0.897 bits per heavy atom. The lowest BCUT2D eigenvalue weighted by Crippen LogP contribution is -2.34. The van der Waals surface area contributed by atoms with E-state index < -0.39 is 11.6 Å². The van der Waals surface area contributed by atoms with Crippen molar-refractivity contribution in [1.82, 2.24) is 0 Å². The molecule has 0 amide bonds. The van der Waals surface area contributed by atoms with Gasteiger partial charge in [-0.05, 0) is 51.9 Å². The van der Waals surface area contributed by atoms with Crippen LogP contribution < -0.4 is 0 Å². The average molecular weight is 411 g/mol. The molecule has 1 aliphatic rings. The van der Waals surface area contributed by atoms with Gasteiger partial charge in [-0.25, -0.2) is 0 Å². The zero-order valence-electron chi connectivity index (χ0n) is 19.5. The highest BCUT2D eigenvalue weighted by atomic mass is 16.6. The number of hydrogen-bond acceptors (Lipinski definition) is 3.